The van der Waals surface area contributed by atoms with Crippen LogP contribution in [0.25, 0.3) is 0 Å². The molecular weight excluding hydrogens is 222 g/mol. The van der Waals surface area contributed by atoms with Gasteiger partial charge < -0.3 is 5.32 Å². The van der Waals surface area contributed by atoms with Crippen LogP contribution in [0.5, 0.6) is 0 Å². The van der Waals surface area contributed by atoms with E-state index in [4.69, 9.17) is 0 Å². The van der Waals surface area contributed by atoms with Gasteiger partial charge in [0.15, 0.2) is 0 Å². The number of aromatic nitrogens is 2. The molecule has 3 nitrogen and oxygen atoms in total. The van der Waals surface area contributed by atoms with Crippen molar-refractivity contribution in [2.24, 2.45) is 13.0 Å². The Morgan fingerprint density at radius 1 is 1.44 bits per heavy atom. The highest BCUT2D eigenvalue weighted by Crippen LogP contribution is 2.29. The summed E-state index contributed by atoms with van der Waals surface area (Å²) in [5, 5.41) is 7.89. The monoisotopic (exact) mass is 249 g/mol. The molecule has 0 saturated heterocycles. The van der Waals surface area contributed by atoms with Gasteiger partial charge in [-0.2, -0.15) is 5.10 Å². The average molecular weight is 249 g/mol. The third-order valence-electron chi connectivity index (χ3n) is 4.36. The van der Waals surface area contributed by atoms with Gasteiger partial charge >= 0.3 is 0 Å². The lowest BCUT2D eigenvalue weighted by molar-refractivity contribution is 0.413. The lowest BCUT2D eigenvalue weighted by Crippen LogP contribution is -2.29. The van der Waals surface area contributed by atoms with E-state index in [9.17, 15) is 0 Å². The van der Waals surface area contributed by atoms with Gasteiger partial charge in [0.25, 0.3) is 0 Å². The summed E-state index contributed by atoms with van der Waals surface area (Å²) in [5.41, 5.74) is 2.47. The van der Waals surface area contributed by atoms with Gasteiger partial charge in [0.2, 0.25) is 0 Å². The first-order valence-electron chi connectivity index (χ1n) is 7.36. The van der Waals surface area contributed by atoms with Gasteiger partial charge in [0, 0.05) is 25.2 Å². The van der Waals surface area contributed by atoms with Crippen molar-refractivity contribution in [2.75, 3.05) is 7.05 Å². The topological polar surface area (TPSA) is 29.9 Å². The summed E-state index contributed by atoms with van der Waals surface area (Å²) in [6.45, 7) is 2.07. The van der Waals surface area contributed by atoms with Crippen molar-refractivity contribution in [2.45, 2.75) is 57.9 Å². The van der Waals surface area contributed by atoms with E-state index in [2.05, 4.69) is 30.5 Å². The standard InChI is InChI=1S/C15H27N3/c1-12-10-15(18(3)17-12)11-14(16-2)9-8-13-6-4-5-7-13/h10,13-14,16H,4-9,11H2,1-3H3. The molecule has 1 aliphatic carbocycles. The molecule has 0 radical (unpaired) electrons. The predicted octanol–water partition coefficient (Wildman–Crippen LogP) is 2.83. The van der Waals surface area contributed by atoms with Gasteiger partial charge in [-0.15, -0.1) is 0 Å². The Hall–Kier alpha value is -0.830. The number of rotatable bonds is 6. The summed E-state index contributed by atoms with van der Waals surface area (Å²) in [6.07, 6.45) is 9.61. The smallest absolute Gasteiger partial charge is 0.0596 e. The first-order valence-corrected chi connectivity index (χ1v) is 7.36. The molecule has 0 amide bonds. The molecule has 1 saturated carbocycles. The second-order valence-corrected chi connectivity index (χ2v) is 5.82. The molecular formula is C15H27N3. The maximum absolute atomic E-state index is 4.42. The average Bonchev–Trinajstić information content (AvgIpc) is 2.95. The number of hydrogen-bond donors (Lipinski definition) is 1. The van der Waals surface area contributed by atoms with Crippen LogP contribution < -0.4 is 5.32 Å². The van der Waals surface area contributed by atoms with Crippen LogP contribution in [0, 0.1) is 12.8 Å². The molecule has 1 N–H and O–H groups in total. The maximum Gasteiger partial charge on any atom is 0.0596 e. The fourth-order valence-corrected chi connectivity index (χ4v) is 3.19. The van der Waals surface area contributed by atoms with Crippen LogP contribution in [0.4, 0.5) is 0 Å². The largest absolute Gasteiger partial charge is 0.317 e. The zero-order valence-electron chi connectivity index (χ0n) is 12.1. The molecule has 1 aromatic rings. The van der Waals surface area contributed by atoms with E-state index in [1.807, 2.05) is 11.7 Å². The molecule has 1 fully saturated rings. The summed E-state index contributed by atoms with van der Waals surface area (Å²) < 4.78 is 2.02. The van der Waals surface area contributed by atoms with Crippen LogP contribution in [-0.2, 0) is 13.5 Å². The Morgan fingerprint density at radius 3 is 2.72 bits per heavy atom. The molecule has 0 spiro atoms. The fraction of sp³-hybridized carbons (Fsp3) is 0.800. The number of nitrogens with one attached hydrogen (secondary N) is 1. The van der Waals surface area contributed by atoms with Gasteiger partial charge in [-0.25, -0.2) is 0 Å². The van der Waals surface area contributed by atoms with Gasteiger partial charge in [-0.05, 0) is 38.8 Å². The van der Waals surface area contributed by atoms with E-state index in [0.29, 0.717) is 6.04 Å². The minimum atomic E-state index is 0.598. The highest BCUT2D eigenvalue weighted by molar-refractivity contribution is 5.10. The first-order chi connectivity index (χ1) is 8.69. The molecule has 1 heterocycles. The summed E-state index contributed by atoms with van der Waals surface area (Å²) >= 11 is 0. The molecule has 2 rings (SSSR count). The summed E-state index contributed by atoms with van der Waals surface area (Å²) in [5.74, 6) is 0.995. The Kier molecular flexibility index (Phi) is 4.81. The van der Waals surface area contributed by atoms with E-state index in [1.165, 1.54) is 44.2 Å². The van der Waals surface area contributed by atoms with E-state index in [-0.39, 0.29) is 0 Å². The quantitative estimate of drug-likeness (QED) is 0.840. The molecule has 1 unspecified atom stereocenters. The number of nitrogens with zero attached hydrogens (tertiary/aromatic N) is 2. The van der Waals surface area contributed by atoms with Crippen molar-refractivity contribution in [3.63, 3.8) is 0 Å². The lowest BCUT2D eigenvalue weighted by atomic mass is 9.96. The molecule has 0 bridgehead atoms. The second-order valence-electron chi connectivity index (χ2n) is 5.82. The molecule has 3 heteroatoms. The van der Waals surface area contributed by atoms with Crippen molar-refractivity contribution < 1.29 is 0 Å². The van der Waals surface area contributed by atoms with Crippen LogP contribution >= 0.6 is 0 Å². The molecule has 0 aromatic carbocycles. The highest BCUT2D eigenvalue weighted by Gasteiger charge is 2.17. The Balaban J connectivity index is 1.82. The number of likely N-dealkylation sites (N-methyl/N-ethyl adjacent to an activating group) is 1. The Morgan fingerprint density at radius 2 is 2.17 bits per heavy atom. The SMILES string of the molecule is CNC(CCC1CCCC1)Cc1cc(C)nn1C. The summed E-state index contributed by atoms with van der Waals surface area (Å²) in [4.78, 5) is 0. The van der Waals surface area contributed by atoms with Crippen molar-refractivity contribution in [1.29, 1.82) is 0 Å². The maximum atomic E-state index is 4.42. The summed E-state index contributed by atoms with van der Waals surface area (Å²) in [7, 11) is 4.13. The van der Waals surface area contributed by atoms with Crippen LogP contribution in [0.1, 0.15) is 49.9 Å². The molecule has 18 heavy (non-hydrogen) atoms. The zero-order chi connectivity index (χ0) is 13.0. The third-order valence-corrected chi connectivity index (χ3v) is 4.36. The normalized spacial score (nSPS) is 18.4. The van der Waals surface area contributed by atoms with Crippen molar-refractivity contribution >= 4 is 0 Å². The van der Waals surface area contributed by atoms with Crippen molar-refractivity contribution in [3.8, 4) is 0 Å². The minimum Gasteiger partial charge on any atom is -0.317 e. The molecule has 1 atom stereocenters. The van der Waals surface area contributed by atoms with Crippen molar-refractivity contribution in [3.05, 3.63) is 17.5 Å². The lowest BCUT2D eigenvalue weighted by Gasteiger charge is -2.18. The van der Waals surface area contributed by atoms with Gasteiger partial charge in [-0.3, -0.25) is 4.68 Å². The van der Waals surface area contributed by atoms with E-state index in [0.717, 1.165) is 18.0 Å². The van der Waals surface area contributed by atoms with Gasteiger partial charge in [0.05, 0.1) is 5.69 Å². The zero-order valence-corrected chi connectivity index (χ0v) is 12.1. The molecule has 0 aliphatic heterocycles. The number of hydrogen-bond acceptors (Lipinski definition) is 2. The van der Waals surface area contributed by atoms with E-state index < -0.39 is 0 Å². The third kappa shape index (κ3) is 3.58. The predicted molar refractivity (Wildman–Crippen MR) is 75.7 cm³/mol. The van der Waals surface area contributed by atoms with Crippen LogP contribution in [-0.4, -0.2) is 22.9 Å². The Labute approximate surface area is 111 Å². The van der Waals surface area contributed by atoms with Crippen LogP contribution in [0.3, 0.4) is 0 Å². The van der Waals surface area contributed by atoms with Crippen molar-refractivity contribution in [1.82, 2.24) is 15.1 Å². The first kappa shape index (κ1) is 13.6. The summed E-state index contributed by atoms with van der Waals surface area (Å²) in [6, 6.07) is 2.81. The molecule has 102 valence electrons. The fourth-order valence-electron chi connectivity index (χ4n) is 3.19. The van der Waals surface area contributed by atoms with Crippen LogP contribution in [0.2, 0.25) is 0 Å². The Bertz CT molecular complexity index is 364. The van der Waals surface area contributed by atoms with E-state index >= 15 is 0 Å². The molecule has 1 aliphatic rings. The number of aryl methyl sites for hydroxylation is 2. The second kappa shape index (κ2) is 6.37. The van der Waals surface area contributed by atoms with Gasteiger partial charge in [-0.1, -0.05) is 25.7 Å². The molecule has 1 aromatic heterocycles. The minimum absolute atomic E-state index is 0.598. The highest BCUT2D eigenvalue weighted by atomic mass is 15.3. The van der Waals surface area contributed by atoms with E-state index in [1.54, 1.807) is 0 Å². The van der Waals surface area contributed by atoms with Gasteiger partial charge in [0.1, 0.15) is 0 Å². The van der Waals surface area contributed by atoms with Crippen LogP contribution in [0.15, 0.2) is 6.07 Å².